The third-order valence-electron chi connectivity index (χ3n) is 1.31. The van der Waals surface area contributed by atoms with Crippen LogP contribution in [-0.4, -0.2) is 42.2 Å². The molecule has 0 aliphatic heterocycles. The maximum Gasteiger partial charge on any atom is 0.244 e. The standard InChI is InChI=1S/C6H9ClN4O2S/c1-14(12,13)3-2-8-5-4-9-11-6(7)10-5/h4H,2-3H2,1H3,(H,8,10,11). The molecule has 1 N–H and O–H groups in total. The van der Waals surface area contributed by atoms with Crippen molar-refractivity contribution in [3.05, 3.63) is 11.5 Å². The van der Waals surface area contributed by atoms with Crippen molar-refractivity contribution >= 4 is 27.3 Å². The SMILES string of the molecule is CS(=O)(=O)CCNc1cnnc(Cl)n1. The molecule has 0 spiro atoms. The maximum absolute atomic E-state index is 10.8. The molecule has 0 saturated heterocycles. The summed E-state index contributed by atoms with van der Waals surface area (Å²) in [6.07, 6.45) is 2.54. The lowest BCUT2D eigenvalue weighted by Crippen LogP contribution is -2.15. The Morgan fingerprint density at radius 2 is 2.29 bits per heavy atom. The zero-order chi connectivity index (χ0) is 10.6. The molecular formula is C6H9ClN4O2S. The van der Waals surface area contributed by atoms with E-state index in [2.05, 4.69) is 20.5 Å². The van der Waals surface area contributed by atoms with Gasteiger partial charge in [-0.05, 0) is 11.6 Å². The summed E-state index contributed by atoms with van der Waals surface area (Å²) in [4.78, 5) is 3.78. The van der Waals surface area contributed by atoms with Gasteiger partial charge in [0, 0.05) is 12.8 Å². The summed E-state index contributed by atoms with van der Waals surface area (Å²) in [6, 6.07) is 0. The van der Waals surface area contributed by atoms with Crippen LogP contribution >= 0.6 is 11.6 Å². The number of hydrogen-bond donors (Lipinski definition) is 1. The zero-order valence-corrected chi connectivity index (χ0v) is 9.01. The van der Waals surface area contributed by atoms with Gasteiger partial charge in [-0.2, -0.15) is 10.1 Å². The van der Waals surface area contributed by atoms with Gasteiger partial charge in [0.15, 0.2) is 0 Å². The van der Waals surface area contributed by atoms with E-state index in [4.69, 9.17) is 11.6 Å². The van der Waals surface area contributed by atoms with E-state index in [-0.39, 0.29) is 17.6 Å². The normalized spacial score (nSPS) is 11.3. The van der Waals surface area contributed by atoms with Crippen molar-refractivity contribution in [2.24, 2.45) is 0 Å². The lowest BCUT2D eigenvalue weighted by Gasteiger charge is -2.02. The van der Waals surface area contributed by atoms with Crippen LogP contribution in [0.2, 0.25) is 5.28 Å². The average Bonchev–Trinajstić information content (AvgIpc) is 2.01. The van der Waals surface area contributed by atoms with E-state index in [1.165, 1.54) is 12.5 Å². The van der Waals surface area contributed by atoms with Gasteiger partial charge in [0.1, 0.15) is 15.7 Å². The second-order valence-corrected chi connectivity index (χ2v) is 5.27. The first-order valence-electron chi connectivity index (χ1n) is 3.74. The van der Waals surface area contributed by atoms with Gasteiger partial charge in [0.25, 0.3) is 0 Å². The van der Waals surface area contributed by atoms with E-state index >= 15 is 0 Å². The number of sulfone groups is 1. The number of nitrogens with one attached hydrogen (secondary N) is 1. The Bertz CT molecular complexity index is 408. The van der Waals surface area contributed by atoms with Crippen LogP contribution in [0.1, 0.15) is 0 Å². The topological polar surface area (TPSA) is 84.8 Å². The van der Waals surface area contributed by atoms with Crippen LogP contribution in [0, 0.1) is 0 Å². The molecule has 0 bridgehead atoms. The number of aromatic nitrogens is 3. The highest BCUT2D eigenvalue weighted by Crippen LogP contribution is 2.02. The third kappa shape index (κ3) is 4.33. The van der Waals surface area contributed by atoms with Crippen molar-refractivity contribution in [3.63, 3.8) is 0 Å². The molecule has 0 amide bonds. The molecule has 1 aromatic rings. The van der Waals surface area contributed by atoms with Crippen LogP contribution < -0.4 is 5.32 Å². The van der Waals surface area contributed by atoms with E-state index in [0.29, 0.717) is 5.82 Å². The Hall–Kier alpha value is -0.950. The first-order chi connectivity index (χ1) is 6.47. The zero-order valence-electron chi connectivity index (χ0n) is 7.44. The minimum Gasteiger partial charge on any atom is -0.368 e. The Balaban J connectivity index is 2.47. The van der Waals surface area contributed by atoms with Crippen molar-refractivity contribution < 1.29 is 8.42 Å². The van der Waals surface area contributed by atoms with Gasteiger partial charge >= 0.3 is 0 Å². The van der Waals surface area contributed by atoms with Gasteiger partial charge in [-0.25, -0.2) is 8.42 Å². The monoisotopic (exact) mass is 236 g/mol. The minimum atomic E-state index is -2.96. The highest BCUT2D eigenvalue weighted by Gasteiger charge is 2.02. The molecule has 1 rings (SSSR count). The van der Waals surface area contributed by atoms with E-state index in [1.54, 1.807) is 0 Å². The fraction of sp³-hybridized carbons (Fsp3) is 0.500. The number of hydrogen-bond acceptors (Lipinski definition) is 6. The molecule has 0 aromatic carbocycles. The summed E-state index contributed by atoms with van der Waals surface area (Å²) in [5, 5.41) is 9.77. The van der Waals surface area contributed by atoms with Crippen molar-refractivity contribution in [2.75, 3.05) is 23.9 Å². The highest BCUT2D eigenvalue weighted by atomic mass is 35.5. The number of anilines is 1. The van der Waals surface area contributed by atoms with Crippen LogP contribution in [0.15, 0.2) is 6.20 Å². The van der Waals surface area contributed by atoms with Gasteiger partial charge in [-0.15, -0.1) is 5.10 Å². The predicted octanol–water partition coefficient (Wildman–Crippen LogP) is -0.0185. The molecule has 1 aromatic heterocycles. The quantitative estimate of drug-likeness (QED) is 0.791. The summed E-state index contributed by atoms with van der Waals surface area (Å²) in [7, 11) is -2.96. The summed E-state index contributed by atoms with van der Waals surface area (Å²) in [5.74, 6) is 0.447. The van der Waals surface area contributed by atoms with Crippen molar-refractivity contribution in [2.45, 2.75) is 0 Å². The molecule has 0 unspecified atom stereocenters. The lowest BCUT2D eigenvalue weighted by molar-refractivity contribution is 0.602. The van der Waals surface area contributed by atoms with Crippen LogP contribution in [0.3, 0.4) is 0 Å². The van der Waals surface area contributed by atoms with Gasteiger partial charge < -0.3 is 5.32 Å². The van der Waals surface area contributed by atoms with Crippen LogP contribution in [0.5, 0.6) is 0 Å². The van der Waals surface area contributed by atoms with Crippen LogP contribution in [-0.2, 0) is 9.84 Å². The Morgan fingerprint density at radius 1 is 1.57 bits per heavy atom. The molecular weight excluding hydrogens is 228 g/mol. The van der Waals surface area contributed by atoms with E-state index in [9.17, 15) is 8.42 Å². The first-order valence-corrected chi connectivity index (χ1v) is 6.18. The van der Waals surface area contributed by atoms with Crippen LogP contribution in [0.25, 0.3) is 0 Å². The molecule has 0 saturated carbocycles. The first kappa shape index (κ1) is 11.1. The Labute approximate surface area is 86.6 Å². The van der Waals surface area contributed by atoms with Gasteiger partial charge in [0.2, 0.25) is 5.28 Å². The van der Waals surface area contributed by atoms with Crippen molar-refractivity contribution in [1.29, 1.82) is 0 Å². The molecule has 0 aliphatic carbocycles. The third-order valence-corrected chi connectivity index (χ3v) is 2.42. The average molecular weight is 237 g/mol. The molecule has 0 aliphatic rings. The molecule has 8 heteroatoms. The second kappa shape index (κ2) is 4.52. The van der Waals surface area contributed by atoms with Gasteiger partial charge in [-0.3, -0.25) is 0 Å². The van der Waals surface area contributed by atoms with E-state index in [1.807, 2.05) is 0 Å². The molecule has 6 nitrogen and oxygen atoms in total. The number of halogens is 1. The smallest absolute Gasteiger partial charge is 0.244 e. The van der Waals surface area contributed by atoms with E-state index < -0.39 is 9.84 Å². The molecule has 78 valence electrons. The fourth-order valence-electron chi connectivity index (χ4n) is 0.731. The largest absolute Gasteiger partial charge is 0.368 e. The number of nitrogens with zero attached hydrogens (tertiary/aromatic N) is 3. The molecule has 0 fully saturated rings. The predicted molar refractivity (Wildman–Crippen MR) is 53.0 cm³/mol. The van der Waals surface area contributed by atoms with Gasteiger partial charge in [0.05, 0.1) is 11.9 Å². The van der Waals surface area contributed by atoms with Crippen molar-refractivity contribution in [1.82, 2.24) is 15.2 Å². The molecule has 0 atom stereocenters. The Kier molecular flexibility index (Phi) is 3.59. The molecule has 1 heterocycles. The Morgan fingerprint density at radius 3 is 2.86 bits per heavy atom. The second-order valence-electron chi connectivity index (χ2n) is 2.67. The minimum absolute atomic E-state index is 0.0226. The molecule has 14 heavy (non-hydrogen) atoms. The fourth-order valence-corrected chi connectivity index (χ4v) is 1.34. The summed E-state index contributed by atoms with van der Waals surface area (Å²) in [6.45, 7) is 0.272. The summed E-state index contributed by atoms with van der Waals surface area (Å²) in [5.41, 5.74) is 0. The molecule has 0 radical (unpaired) electrons. The van der Waals surface area contributed by atoms with E-state index in [0.717, 1.165) is 0 Å². The maximum atomic E-state index is 10.8. The summed E-state index contributed by atoms with van der Waals surface area (Å²) < 4.78 is 21.5. The number of rotatable bonds is 4. The van der Waals surface area contributed by atoms with Gasteiger partial charge in [-0.1, -0.05) is 0 Å². The summed E-state index contributed by atoms with van der Waals surface area (Å²) >= 11 is 5.47. The van der Waals surface area contributed by atoms with Crippen molar-refractivity contribution in [3.8, 4) is 0 Å². The highest BCUT2D eigenvalue weighted by molar-refractivity contribution is 7.90. The lowest BCUT2D eigenvalue weighted by atomic mass is 10.6. The van der Waals surface area contributed by atoms with Crippen LogP contribution in [0.4, 0.5) is 5.82 Å².